The Hall–Kier alpha value is -0.880. The second-order valence-electron chi connectivity index (χ2n) is 3.77. The van der Waals surface area contributed by atoms with Crippen molar-refractivity contribution in [1.29, 1.82) is 0 Å². The maximum Gasteiger partial charge on any atom is 0.160 e. The first-order chi connectivity index (χ1) is 7.15. The van der Waals surface area contributed by atoms with Gasteiger partial charge in [0, 0.05) is 12.1 Å². The number of rotatable bonds is 2. The molecule has 0 aliphatic carbocycles. The minimum absolute atomic E-state index is 0.238. The smallest absolute Gasteiger partial charge is 0.160 e. The molecule has 2 heterocycles. The predicted octanol–water partition coefficient (Wildman–Crippen LogP) is 0.773. The minimum atomic E-state index is -3.07. The van der Waals surface area contributed by atoms with Gasteiger partial charge in [0.05, 0.1) is 11.9 Å². The minimum Gasteiger partial charge on any atom is -0.360 e. The molecule has 0 amide bonds. The van der Waals surface area contributed by atoms with E-state index in [1.807, 2.05) is 0 Å². The van der Waals surface area contributed by atoms with Crippen LogP contribution in [-0.2, 0) is 16.4 Å². The fourth-order valence-corrected chi connectivity index (χ4v) is 3.87. The fraction of sp³-hybridized carbons (Fsp3) is 0.667. The molecule has 1 fully saturated rings. The molecule has 15 heavy (non-hydrogen) atoms. The number of nitrogens with zero attached hydrogens (tertiary/aromatic N) is 1. The third kappa shape index (κ3) is 1.91. The highest BCUT2D eigenvalue weighted by Gasteiger charge is 2.34. The first-order valence-electron chi connectivity index (χ1n) is 5.00. The van der Waals surface area contributed by atoms with E-state index in [-0.39, 0.29) is 12.3 Å². The zero-order valence-corrected chi connectivity index (χ0v) is 9.16. The van der Waals surface area contributed by atoms with Crippen LogP contribution in [0.5, 0.6) is 0 Å². The zero-order chi connectivity index (χ0) is 10.9. The quantitative estimate of drug-likeness (QED) is 0.811. The van der Waals surface area contributed by atoms with Crippen LogP contribution >= 0.6 is 0 Å². The molecule has 0 radical (unpaired) electrons. The zero-order valence-electron chi connectivity index (χ0n) is 8.35. The topological polar surface area (TPSA) is 86.2 Å². The van der Waals surface area contributed by atoms with Gasteiger partial charge >= 0.3 is 0 Å². The van der Waals surface area contributed by atoms with E-state index in [2.05, 4.69) is 5.16 Å². The van der Waals surface area contributed by atoms with Gasteiger partial charge in [-0.1, -0.05) is 11.6 Å². The monoisotopic (exact) mass is 230 g/mol. The van der Waals surface area contributed by atoms with Gasteiger partial charge in [0.1, 0.15) is 5.25 Å². The molecule has 0 spiro atoms. The van der Waals surface area contributed by atoms with Crippen LogP contribution in [0.2, 0.25) is 0 Å². The van der Waals surface area contributed by atoms with Gasteiger partial charge in [-0.3, -0.25) is 0 Å². The molecule has 5 nitrogen and oxygen atoms in total. The first-order valence-corrected chi connectivity index (χ1v) is 6.72. The number of hydrogen-bond donors (Lipinski definition) is 1. The lowest BCUT2D eigenvalue weighted by Gasteiger charge is -2.20. The lowest BCUT2D eigenvalue weighted by molar-refractivity contribution is 0.367. The Bertz CT molecular complexity index is 438. The van der Waals surface area contributed by atoms with Crippen molar-refractivity contribution < 1.29 is 12.9 Å². The van der Waals surface area contributed by atoms with Crippen LogP contribution in [0, 0.1) is 0 Å². The van der Waals surface area contributed by atoms with E-state index < -0.39 is 15.1 Å². The Morgan fingerprint density at radius 3 is 3.00 bits per heavy atom. The predicted molar refractivity (Wildman–Crippen MR) is 54.8 cm³/mol. The summed E-state index contributed by atoms with van der Waals surface area (Å²) >= 11 is 0. The van der Waals surface area contributed by atoms with Gasteiger partial charge in [0.15, 0.2) is 15.6 Å². The molecule has 1 aliphatic heterocycles. The number of nitrogens with two attached hydrogens (primary N) is 1. The average Bonchev–Trinajstić information content (AvgIpc) is 2.64. The SMILES string of the molecule is NCc1cnoc1C1CCCCS1(=O)=O. The molecule has 0 bridgehead atoms. The molecule has 84 valence electrons. The molecular formula is C9H14N2O3S. The molecule has 1 aliphatic rings. The summed E-state index contributed by atoms with van der Waals surface area (Å²) < 4.78 is 28.7. The largest absolute Gasteiger partial charge is 0.360 e. The average molecular weight is 230 g/mol. The highest BCUT2D eigenvalue weighted by Crippen LogP contribution is 2.34. The Labute approximate surface area is 88.5 Å². The van der Waals surface area contributed by atoms with Crippen molar-refractivity contribution in [1.82, 2.24) is 5.16 Å². The molecule has 1 atom stereocenters. The van der Waals surface area contributed by atoms with Gasteiger partial charge in [-0.05, 0) is 12.8 Å². The van der Waals surface area contributed by atoms with Crippen molar-refractivity contribution in [2.45, 2.75) is 31.1 Å². The summed E-state index contributed by atoms with van der Waals surface area (Å²) in [7, 11) is -3.07. The third-order valence-corrected chi connectivity index (χ3v) is 4.94. The summed E-state index contributed by atoms with van der Waals surface area (Å²) in [6, 6.07) is 0. The van der Waals surface area contributed by atoms with Crippen LogP contribution in [0.3, 0.4) is 0 Å². The fourth-order valence-electron chi connectivity index (χ4n) is 1.94. The molecule has 1 aromatic heterocycles. The maximum atomic E-state index is 11.8. The summed E-state index contributed by atoms with van der Waals surface area (Å²) in [6.07, 6.45) is 3.77. The standard InChI is InChI=1S/C9H14N2O3S/c10-5-7-6-11-14-9(7)8-3-1-2-4-15(8,12)13/h6,8H,1-5,10H2. The molecule has 2 N–H and O–H groups in total. The Kier molecular flexibility index (Phi) is 2.79. The van der Waals surface area contributed by atoms with E-state index in [0.29, 0.717) is 17.7 Å². The van der Waals surface area contributed by atoms with Crippen LogP contribution < -0.4 is 5.73 Å². The molecule has 1 unspecified atom stereocenters. The maximum absolute atomic E-state index is 11.8. The molecular weight excluding hydrogens is 216 g/mol. The Morgan fingerprint density at radius 2 is 2.33 bits per heavy atom. The van der Waals surface area contributed by atoms with Crippen molar-refractivity contribution in [3.05, 3.63) is 17.5 Å². The van der Waals surface area contributed by atoms with Gasteiger partial charge in [-0.15, -0.1) is 0 Å². The van der Waals surface area contributed by atoms with Crippen LogP contribution in [-0.4, -0.2) is 19.3 Å². The molecule has 1 aromatic rings. The molecule has 2 rings (SSSR count). The van der Waals surface area contributed by atoms with Gasteiger partial charge < -0.3 is 10.3 Å². The summed E-state index contributed by atoms with van der Waals surface area (Å²) in [5.41, 5.74) is 6.20. The van der Waals surface area contributed by atoms with E-state index in [9.17, 15) is 8.42 Å². The van der Waals surface area contributed by atoms with Gasteiger partial charge in [-0.2, -0.15) is 0 Å². The summed E-state index contributed by atoms with van der Waals surface area (Å²) in [6.45, 7) is 0.269. The molecule has 6 heteroatoms. The Morgan fingerprint density at radius 1 is 1.53 bits per heavy atom. The Balaban J connectivity index is 2.37. The number of sulfone groups is 1. The normalized spacial score (nSPS) is 25.3. The molecule has 1 saturated heterocycles. The van der Waals surface area contributed by atoms with E-state index in [0.717, 1.165) is 12.8 Å². The van der Waals surface area contributed by atoms with Crippen LogP contribution in [0.15, 0.2) is 10.7 Å². The second-order valence-corrected chi connectivity index (χ2v) is 6.07. The lowest BCUT2D eigenvalue weighted by Crippen LogP contribution is -2.22. The lowest BCUT2D eigenvalue weighted by atomic mass is 10.1. The van der Waals surface area contributed by atoms with Crippen LogP contribution in [0.25, 0.3) is 0 Å². The summed E-state index contributed by atoms with van der Waals surface area (Å²) in [5, 5.41) is 3.08. The van der Waals surface area contributed by atoms with Gasteiger partial charge in [0.2, 0.25) is 0 Å². The van der Waals surface area contributed by atoms with E-state index >= 15 is 0 Å². The van der Waals surface area contributed by atoms with Crippen molar-refractivity contribution >= 4 is 9.84 Å². The summed E-state index contributed by atoms with van der Waals surface area (Å²) in [5.74, 6) is 0.680. The summed E-state index contributed by atoms with van der Waals surface area (Å²) in [4.78, 5) is 0. The number of aromatic nitrogens is 1. The first kappa shape index (κ1) is 10.6. The number of hydrogen-bond acceptors (Lipinski definition) is 5. The van der Waals surface area contributed by atoms with E-state index in [1.54, 1.807) is 0 Å². The molecule has 0 saturated carbocycles. The highest BCUT2D eigenvalue weighted by molar-refractivity contribution is 7.91. The van der Waals surface area contributed by atoms with Crippen molar-refractivity contribution in [2.75, 3.05) is 5.75 Å². The van der Waals surface area contributed by atoms with Crippen molar-refractivity contribution in [3.63, 3.8) is 0 Å². The highest BCUT2D eigenvalue weighted by atomic mass is 32.2. The van der Waals surface area contributed by atoms with Gasteiger partial charge in [0.25, 0.3) is 0 Å². The molecule has 0 aromatic carbocycles. The van der Waals surface area contributed by atoms with Crippen molar-refractivity contribution in [2.24, 2.45) is 5.73 Å². The third-order valence-electron chi connectivity index (χ3n) is 2.77. The van der Waals surface area contributed by atoms with Crippen LogP contribution in [0.1, 0.15) is 35.8 Å². The van der Waals surface area contributed by atoms with Crippen LogP contribution in [0.4, 0.5) is 0 Å². The van der Waals surface area contributed by atoms with Crippen molar-refractivity contribution in [3.8, 4) is 0 Å². The van der Waals surface area contributed by atoms with E-state index in [1.165, 1.54) is 6.20 Å². The van der Waals surface area contributed by atoms with Gasteiger partial charge in [-0.25, -0.2) is 8.42 Å². The second kappa shape index (κ2) is 3.94. The van der Waals surface area contributed by atoms with E-state index in [4.69, 9.17) is 10.3 Å².